The van der Waals surface area contributed by atoms with E-state index in [9.17, 15) is 4.79 Å². The summed E-state index contributed by atoms with van der Waals surface area (Å²) < 4.78 is 12.2. The zero-order valence-electron chi connectivity index (χ0n) is 15.6. The minimum atomic E-state index is -0.163. The maximum atomic E-state index is 12.9. The summed E-state index contributed by atoms with van der Waals surface area (Å²) in [6.07, 6.45) is 7.12. The molecule has 3 rings (SSSR count). The van der Waals surface area contributed by atoms with E-state index < -0.39 is 0 Å². The lowest BCUT2D eigenvalue weighted by molar-refractivity contribution is -0.114. The molecule has 0 atom stereocenters. The van der Waals surface area contributed by atoms with Gasteiger partial charge >= 0.3 is 0 Å². The summed E-state index contributed by atoms with van der Waals surface area (Å²) in [6.45, 7) is 4.38. The van der Waals surface area contributed by atoms with Crippen LogP contribution in [0, 0.1) is 15.9 Å². The third-order valence-corrected chi connectivity index (χ3v) is 4.81. The van der Waals surface area contributed by atoms with Gasteiger partial charge in [0.25, 0.3) is 5.91 Å². The largest absolute Gasteiger partial charge is 0.490 e. The highest BCUT2D eigenvalue weighted by atomic mass is 127. The van der Waals surface area contributed by atoms with Crippen LogP contribution in [0.25, 0.3) is 6.08 Å². The highest BCUT2D eigenvalue weighted by Crippen LogP contribution is 2.35. The van der Waals surface area contributed by atoms with E-state index >= 15 is 0 Å². The highest BCUT2D eigenvalue weighted by molar-refractivity contribution is 14.1. The molecule has 0 radical (unpaired) electrons. The molecular formula is C22H19IN2O3. The molecule has 0 saturated heterocycles. The summed E-state index contributed by atoms with van der Waals surface area (Å²) in [6, 6.07) is 13.1. The second-order valence-electron chi connectivity index (χ2n) is 5.95. The van der Waals surface area contributed by atoms with Gasteiger partial charge in [0.05, 0.1) is 27.1 Å². The van der Waals surface area contributed by atoms with Crippen molar-refractivity contribution in [1.82, 2.24) is 0 Å². The molecule has 28 heavy (non-hydrogen) atoms. The van der Waals surface area contributed by atoms with Crippen molar-refractivity contribution in [1.29, 1.82) is 0 Å². The number of carbonyl (C=O) groups is 1. The summed E-state index contributed by atoms with van der Waals surface area (Å²) in [4.78, 5) is 12.9. The number of hydrazone groups is 1. The molecule has 142 valence electrons. The Bertz CT molecular complexity index is 991. The molecule has 0 saturated carbocycles. The Morgan fingerprint density at radius 3 is 2.68 bits per heavy atom. The third kappa shape index (κ3) is 4.20. The van der Waals surface area contributed by atoms with Gasteiger partial charge < -0.3 is 9.47 Å². The minimum Gasteiger partial charge on any atom is -0.490 e. The molecule has 0 aliphatic carbocycles. The standard InChI is InChI=1S/C22H19IN2O3/c1-4-11-28-21-19(23)13-16(14-20(21)27-5-2)12-18-15(3)24-25(22(18)26)17-9-7-6-8-10-17/h1,6-10,12-14H,5,11H2,2-3H3/b18-12+. The van der Waals surface area contributed by atoms with Gasteiger partial charge in [0.15, 0.2) is 11.5 Å². The summed E-state index contributed by atoms with van der Waals surface area (Å²) in [5.74, 6) is 3.50. The summed E-state index contributed by atoms with van der Waals surface area (Å²) >= 11 is 2.17. The van der Waals surface area contributed by atoms with Gasteiger partial charge in [0.2, 0.25) is 0 Å². The van der Waals surface area contributed by atoms with Gasteiger partial charge in [-0.1, -0.05) is 24.1 Å². The van der Waals surface area contributed by atoms with Crippen LogP contribution >= 0.6 is 22.6 Å². The Morgan fingerprint density at radius 1 is 1.25 bits per heavy atom. The minimum absolute atomic E-state index is 0.160. The van der Waals surface area contributed by atoms with Crippen LogP contribution in [0.15, 0.2) is 53.1 Å². The quantitative estimate of drug-likeness (QED) is 0.343. The Balaban J connectivity index is 1.96. The van der Waals surface area contributed by atoms with Crippen molar-refractivity contribution in [3.8, 4) is 23.8 Å². The molecule has 6 heteroatoms. The number of hydrogen-bond acceptors (Lipinski definition) is 4. The van der Waals surface area contributed by atoms with Crippen molar-refractivity contribution >= 4 is 46.0 Å². The molecule has 0 unspecified atom stereocenters. The zero-order chi connectivity index (χ0) is 20.1. The van der Waals surface area contributed by atoms with E-state index in [0.29, 0.717) is 29.4 Å². The van der Waals surface area contributed by atoms with Gasteiger partial charge in [0.1, 0.15) is 6.61 Å². The first kappa shape index (κ1) is 20.0. The summed E-state index contributed by atoms with van der Waals surface area (Å²) in [7, 11) is 0. The van der Waals surface area contributed by atoms with Gasteiger partial charge in [-0.25, -0.2) is 0 Å². The molecular weight excluding hydrogens is 467 g/mol. The number of anilines is 1. The number of hydrogen-bond donors (Lipinski definition) is 0. The molecule has 1 aliphatic heterocycles. The van der Waals surface area contributed by atoms with E-state index in [1.807, 2.05) is 62.4 Å². The molecule has 2 aromatic rings. The highest BCUT2D eigenvalue weighted by Gasteiger charge is 2.28. The average Bonchev–Trinajstić information content (AvgIpc) is 2.96. The molecule has 1 heterocycles. The van der Waals surface area contributed by atoms with Crippen LogP contribution < -0.4 is 14.5 Å². The van der Waals surface area contributed by atoms with Gasteiger partial charge in [-0.15, -0.1) is 6.42 Å². The maximum Gasteiger partial charge on any atom is 0.280 e. The van der Waals surface area contributed by atoms with Crippen LogP contribution in [-0.4, -0.2) is 24.8 Å². The van der Waals surface area contributed by atoms with E-state index in [2.05, 4.69) is 33.6 Å². The first-order valence-electron chi connectivity index (χ1n) is 8.74. The predicted molar refractivity (Wildman–Crippen MR) is 120 cm³/mol. The molecule has 5 nitrogen and oxygen atoms in total. The second kappa shape index (κ2) is 8.93. The summed E-state index contributed by atoms with van der Waals surface area (Å²) in [5, 5.41) is 5.83. The van der Waals surface area contributed by atoms with Crippen LogP contribution in [-0.2, 0) is 4.79 Å². The Kier molecular flexibility index (Phi) is 6.37. The molecule has 2 aromatic carbocycles. The van der Waals surface area contributed by atoms with Crippen LogP contribution in [0.4, 0.5) is 5.69 Å². The van der Waals surface area contributed by atoms with E-state index in [1.54, 1.807) is 0 Å². The second-order valence-corrected chi connectivity index (χ2v) is 7.11. The lowest BCUT2D eigenvalue weighted by Gasteiger charge is -2.14. The van der Waals surface area contributed by atoms with Crippen LogP contribution in [0.3, 0.4) is 0 Å². The van der Waals surface area contributed by atoms with Crippen molar-refractivity contribution in [2.24, 2.45) is 5.10 Å². The van der Waals surface area contributed by atoms with Crippen molar-refractivity contribution in [2.75, 3.05) is 18.2 Å². The third-order valence-electron chi connectivity index (χ3n) is 4.01. The topological polar surface area (TPSA) is 51.1 Å². The van der Waals surface area contributed by atoms with Gasteiger partial charge in [0, 0.05) is 0 Å². The van der Waals surface area contributed by atoms with Crippen LogP contribution in [0.1, 0.15) is 19.4 Å². The number of para-hydroxylation sites is 1. The SMILES string of the molecule is C#CCOc1c(I)cc(/C=C2/C(=O)N(c3ccccc3)N=C2C)cc1OCC. The average molecular weight is 486 g/mol. The first-order chi connectivity index (χ1) is 13.5. The number of terminal acetylenes is 1. The number of carbonyl (C=O) groups excluding carboxylic acids is 1. The lowest BCUT2D eigenvalue weighted by atomic mass is 10.1. The molecule has 0 N–H and O–H groups in total. The lowest BCUT2D eigenvalue weighted by Crippen LogP contribution is -2.21. The predicted octanol–water partition coefficient (Wildman–Crippen LogP) is 4.51. The monoisotopic (exact) mass is 486 g/mol. The van der Waals surface area contributed by atoms with Gasteiger partial charge in [-0.2, -0.15) is 10.1 Å². The number of nitrogens with zero attached hydrogens (tertiary/aromatic N) is 2. The van der Waals surface area contributed by atoms with Crippen LogP contribution in [0.2, 0.25) is 0 Å². The first-order valence-corrected chi connectivity index (χ1v) is 9.82. The van der Waals surface area contributed by atoms with E-state index in [-0.39, 0.29) is 12.5 Å². The normalized spacial score (nSPS) is 14.8. The van der Waals surface area contributed by atoms with Gasteiger partial charge in [-0.3, -0.25) is 4.79 Å². The molecule has 1 amide bonds. The number of rotatable bonds is 6. The fourth-order valence-electron chi connectivity index (χ4n) is 2.78. The molecule has 1 aliphatic rings. The number of ether oxygens (including phenoxy) is 2. The number of amides is 1. The van der Waals surface area contributed by atoms with Crippen molar-refractivity contribution in [3.63, 3.8) is 0 Å². The molecule has 0 fully saturated rings. The van der Waals surface area contributed by atoms with E-state index in [0.717, 1.165) is 14.8 Å². The van der Waals surface area contributed by atoms with Crippen molar-refractivity contribution in [3.05, 3.63) is 57.2 Å². The van der Waals surface area contributed by atoms with Crippen LogP contribution in [0.5, 0.6) is 11.5 Å². The number of halogens is 1. The van der Waals surface area contributed by atoms with E-state index in [1.165, 1.54) is 5.01 Å². The zero-order valence-corrected chi connectivity index (χ0v) is 17.8. The summed E-state index contributed by atoms with van der Waals surface area (Å²) in [5.41, 5.74) is 2.76. The molecule has 0 bridgehead atoms. The Hall–Kier alpha value is -2.79. The van der Waals surface area contributed by atoms with E-state index in [4.69, 9.17) is 15.9 Å². The number of benzene rings is 2. The maximum absolute atomic E-state index is 12.9. The Labute approximate surface area is 178 Å². The molecule has 0 spiro atoms. The fourth-order valence-corrected chi connectivity index (χ4v) is 3.56. The van der Waals surface area contributed by atoms with Crippen molar-refractivity contribution in [2.45, 2.75) is 13.8 Å². The van der Waals surface area contributed by atoms with Gasteiger partial charge in [-0.05, 0) is 72.3 Å². The fraction of sp³-hybridized carbons (Fsp3) is 0.182. The smallest absolute Gasteiger partial charge is 0.280 e. The molecule has 0 aromatic heterocycles. The Morgan fingerprint density at radius 2 is 2.00 bits per heavy atom. The van der Waals surface area contributed by atoms with Crippen molar-refractivity contribution < 1.29 is 14.3 Å².